The van der Waals surface area contributed by atoms with Gasteiger partial charge in [-0.05, 0) is 42.7 Å². The Morgan fingerprint density at radius 1 is 1.23 bits per heavy atom. The molecule has 0 spiro atoms. The molecule has 0 bridgehead atoms. The molecule has 3 rings (SSSR count). The van der Waals surface area contributed by atoms with Crippen LogP contribution in [-0.4, -0.2) is 43.9 Å². The number of hydrogen-bond acceptors (Lipinski definition) is 7. The predicted molar refractivity (Wildman–Crippen MR) is 116 cm³/mol. The number of hydrogen-bond donors (Lipinski definition) is 3. The topological polar surface area (TPSA) is 124 Å². The van der Waals surface area contributed by atoms with Gasteiger partial charge in [0.05, 0.1) is 27.8 Å². The van der Waals surface area contributed by atoms with Crippen molar-refractivity contribution in [1.82, 2.24) is 14.7 Å². The van der Waals surface area contributed by atoms with Crippen molar-refractivity contribution >= 4 is 39.3 Å². The van der Waals surface area contributed by atoms with E-state index in [2.05, 4.69) is 14.7 Å². The van der Waals surface area contributed by atoms with Crippen LogP contribution in [0.4, 0.5) is 4.39 Å². The summed E-state index contributed by atoms with van der Waals surface area (Å²) in [6.07, 6.45) is 2.06. The van der Waals surface area contributed by atoms with Gasteiger partial charge in [-0.2, -0.15) is 0 Å². The number of halogens is 2. The van der Waals surface area contributed by atoms with Crippen molar-refractivity contribution in [3.63, 3.8) is 0 Å². The van der Waals surface area contributed by atoms with Crippen LogP contribution in [0.1, 0.15) is 27.9 Å². The maximum absolute atomic E-state index is 15.1. The van der Waals surface area contributed by atoms with Gasteiger partial charge in [0.2, 0.25) is 16.8 Å². The molecule has 0 saturated heterocycles. The Hall–Kier alpha value is -2.66. The second-order valence-electron chi connectivity index (χ2n) is 6.54. The minimum Gasteiger partial charge on any atom is -0.475 e. The lowest BCUT2D eigenvalue weighted by atomic mass is 9.98. The molecule has 3 N–H and O–H groups in total. The standard InChI is InChI=1S/C20H20ClFN4O4S/c21-14-5-3-12(2-1-8-25-31(28)29)19(22)18(14)20(27)13-4-6-15-16(10-13)26-17(11-24-15)30-9-7-23/h3-6,10-11,31H,1-2,7-9,23H2,(H,25,28,29). The monoisotopic (exact) mass is 466 g/mol. The lowest BCUT2D eigenvalue weighted by Crippen LogP contribution is -2.14. The van der Waals surface area contributed by atoms with E-state index in [1.54, 1.807) is 6.07 Å². The molecule has 0 aliphatic carbocycles. The zero-order valence-electron chi connectivity index (χ0n) is 16.3. The fraction of sp³-hybridized carbons (Fsp3) is 0.250. The summed E-state index contributed by atoms with van der Waals surface area (Å²) in [4.78, 5) is 21.6. The molecular formula is C20H20ClFN4O4S. The van der Waals surface area contributed by atoms with Crippen LogP contribution in [0, 0.1) is 5.82 Å². The Morgan fingerprint density at radius 3 is 2.77 bits per heavy atom. The summed E-state index contributed by atoms with van der Waals surface area (Å²) < 4.78 is 43.8. The molecule has 0 aliphatic rings. The van der Waals surface area contributed by atoms with E-state index < -0.39 is 22.5 Å². The van der Waals surface area contributed by atoms with E-state index in [0.29, 0.717) is 24.0 Å². The van der Waals surface area contributed by atoms with Crippen molar-refractivity contribution in [3.05, 3.63) is 64.1 Å². The molecular weight excluding hydrogens is 447 g/mol. The van der Waals surface area contributed by atoms with E-state index in [1.807, 2.05) is 0 Å². The molecule has 11 heteroatoms. The van der Waals surface area contributed by atoms with Gasteiger partial charge in [0.15, 0.2) is 5.78 Å². The van der Waals surface area contributed by atoms with E-state index in [1.165, 1.54) is 30.5 Å². The van der Waals surface area contributed by atoms with E-state index >= 15 is 4.39 Å². The number of thiol groups is 1. The molecule has 0 saturated carbocycles. The van der Waals surface area contributed by atoms with Crippen molar-refractivity contribution in [2.24, 2.45) is 5.73 Å². The summed E-state index contributed by atoms with van der Waals surface area (Å²) in [5, 5.41) is -0.0155. The van der Waals surface area contributed by atoms with Gasteiger partial charge in [-0.25, -0.2) is 27.5 Å². The van der Waals surface area contributed by atoms with Crippen LogP contribution in [-0.2, 0) is 17.3 Å². The number of aromatic nitrogens is 2. The van der Waals surface area contributed by atoms with E-state index in [-0.39, 0.29) is 47.2 Å². The first-order chi connectivity index (χ1) is 14.9. The van der Waals surface area contributed by atoms with Crippen LogP contribution in [0.3, 0.4) is 0 Å². The number of carbonyl (C=O) groups excluding carboxylic acids is 1. The number of rotatable bonds is 10. The average molecular weight is 467 g/mol. The number of nitrogens with two attached hydrogens (primary N) is 1. The maximum atomic E-state index is 15.1. The highest BCUT2D eigenvalue weighted by molar-refractivity contribution is 7.70. The number of benzene rings is 2. The second-order valence-corrected chi connectivity index (χ2v) is 7.78. The number of ketones is 1. The van der Waals surface area contributed by atoms with Crippen LogP contribution in [0.2, 0.25) is 5.02 Å². The van der Waals surface area contributed by atoms with Crippen LogP contribution in [0.15, 0.2) is 36.5 Å². The van der Waals surface area contributed by atoms with Crippen molar-refractivity contribution in [2.75, 3.05) is 19.7 Å². The fourth-order valence-corrected chi connectivity index (χ4v) is 3.53. The van der Waals surface area contributed by atoms with Gasteiger partial charge >= 0.3 is 0 Å². The van der Waals surface area contributed by atoms with Crippen molar-refractivity contribution < 1.29 is 22.3 Å². The molecule has 2 aromatic carbocycles. The third-order valence-electron chi connectivity index (χ3n) is 4.41. The Labute approximate surface area is 184 Å². The predicted octanol–water partition coefficient (Wildman–Crippen LogP) is 2.04. The quantitative estimate of drug-likeness (QED) is 0.237. The lowest BCUT2D eigenvalue weighted by Gasteiger charge is -2.11. The number of aryl methyl sites for hydroxylation is 1. The second kappa shape index (κ2) is 10.6. The highest BCUT2D eigenvalue weighted by atomic mass is 35.5. The van der Waals surface area contributed by atoms with Gasteiger partial charge in [0, 0.05) is 18.7 Å². The summed E-state index contributed by atoms with van der Waals surface area (Å²) in [5.41, 5.74) is 6.59. The first-order valence-corrected chi connectivity index (χ1v) is 11.0. The van der Waals surface area contributed by atoms with Gasteiger partial charge < -0.3 is 10.5 Å². The fourth-order valence-electron chi connectivity index (χ4n) is 2.96. The molecule has 0 fully saturated rings. The SMILES string of the molecule is NCCOc1cnc2ccc(C(=O)c3c(Cl)ccc(CCCN[SH](=O)=O)c3F)cc2n1. The molecule has 3 aromatic rings. The minimum atomic E-state index is -2.71. The number of fused-ring (bicyclic) bond motifs is 1. The molecule has 164 valence electrons. The lowest BCUT2D eigenvalue weighted by molar-refractivity contribution is 0.103. The molecule has 8 nitrogen and oxygen atoms in total. The van der Waals surface area contributed by atoms with Gasteiger partial charge in [0.1, 0.15) is 12.4 Å². The van der Waals surface area contributed by atoms with Gasteiger partial charge in [-0.15, -0.1) is 0 Å². The Balaban J connectivity index is 1.88. The average Bonchev–Trinajstić information content (AvgIpc) is 2.75. The summed E-state index contributed by atoms with van der Waals surface area (Å²) in [6.45, 7) is 0.757. The number of ether oxygens (including phenoxy) is 1. The largest absolute Gasteiger partial charge is 0.475 e. The van der Waals surface area contributed by atoms with Crippen molar-refractivity contribution in [3.8, 4) is 5.88 Å². The number of nitrogens with one attached hydrogen (secondary N) is 1. The first-order valence-electron chi connectivity index (χ1n) is 9.40. The normalized spacial score (nSPS) is 11.2. The van der Waals surface area contributed by atoms with Gasteiger partial charge in [-0.1, -0.05) is 17.7 Å². The third kappa shape index (κ3) is 5.73. The summed E-state index contributed by atoms with van der Waals surface area (Å²) in [6, 6.07) is 7.56. The van der Waals surface area contributed by atoms with E-state index in [9.17, 15) is 13.2 Å². The number of carbonyl (C=O) groups is 1. The van der Waals surface area contributed by atoms with Gasteiger partial charge in [0.25, 0.3) is 0 Å². The molecule has 1 aromatic heterocycles. The molecule has 0 aliphatic heterocycles. The molecule has 0 atom stereocenters. The van der Waals surface area contributed by atoms with E-state index in [4.69, 9.17) is 22.1 Å². The zero-order valence-corrected chi connectivity index (χ0v) is 18.0. The third-order valence-corrected chi connectivity index (χ3v) is 5.21. The highest BCUT2D eigenvalue weighted by Crippen LogP contribution is 2.27. The zero-order chi connectivity index (χ0) is 22.4. The van der Waals surface area contributed by atoms with Crippen molar-refractivity contribution in [2.45, 2.75) is 12.8 Å². The van der Waals surface area contributed by atoms with Gasteiger partial charge in [-0.3, -0.25) is 4.79 Å². The van der Waals surface area contributed by atoms with E-state index in [0.717, 1.165) is 0 Å². The van der Waals surface area contributed by atoms with Crippen LogP contribution < -0.4 is 15.2 Å². The molecule has 0 radical (unpaired) electrons. The summed E-state index contributed by atoms with van der Waals surface area (Å²) in [5.74, 6) is -1.06. The number of nitrogens with zero attached hydrogens (tertiary/aromatic N) is 2. The highest BCUT2D eigenvalue weighted by Gasteiger charge is 2.21. The first kappa shape index (κ1) is 23.0. The van der Waals surface area contributed by atoms with Crippen LogP contribution >= 0.6 is 11.6 Å². The smallest absolute Gasteiger partial charge is 0.232 e. The molecule has 0 amide bonds. The molecule has 1 heterocycles. The van der Waals surface area contributed by atoms with Crippen LogP contribution in [0.25, 0.3) is 11.0 Å². The summed E-state index contributed by atoms with van der Waals surface area (Å²) in [7, 11) is -2.71. The summed E-state index contributed by atoms with van der Waals surface area (Å²) >= 11 is 6.14. The Morgan fingerprint density at radius 2 is 2.03 bits per heavy atom. The minimum absolute atomic E-state index is 0.0155. The Kier molecular flexibility index (Phi) is 7.85. The maximum Gasteiger partial charge on any atom is 0.232 e. The van der Waals surface area contributed by atoms with Crippen molar-refractivity contribution in [1.29, 1.82) is 0 Å². The van der Waals surface area contributed by atoms with Crippen LogP contribution in [0.5, 0.6) is 5.88 Å². The molecule has 31 heavy (non-hydrogen) atoms. The Bertz CT molecular complexity index is 1180. The molecule has 0 unspecified atom stereocenters.